The summed E-state index contributed by atoms with van der Waals surface area (Å²) in [6.07, 6.45) is 0.213. The number of methoxy groups -OCH3 is 1. The van der Waals surface area contributed by atoms with Crippen molar-refractivity contribution in [2.75, 3.05) is 33.4 Å². The smallest absolute Gasteiger partial charge is 0.309 e. The number of aryl methyl sites for hydroxylation is 1. The van der Waals surface area contributed by atoms with Crippen LogP contribution in [0.25, 0.3) is 0 Å². The van der Waals surface area contributed by atoms with Crippen molar-refractivity contribution in [1.29, 1.82) is 0 Å². The predicted octanol–water partition coefficient (Wildman–Crippen LogP) is 1.22. The van der Waals surface area contributed by atoms with Crippen molar-refractivity contribution < 1.29 is 27.5 Å². The Balaban J connectivity index is 1.58. The Kier molecular flexibility index (Phi) is 8.43. The minimum Gasteiger partial charge on any atom is -0.496 e. The standard InChI is InChI=1S/C23H29N3O6S/c1-17-15-19(9-10-20(17)31-2)33(29,30)26-13-6-14-32-21(26)16-25-23(28)22(27)24-12-11-18-7-4-3-5-8-18/h3-5,7-10,15,21H,6,11-14,16H2,1-2H3,(H,24,27)(H,25,28)/t21-/m1/s1. The average Bonchev–Trinajstić information content (AvgIpc) is 2.83. The highest BCUT2D eigenvalue weighted by Gasteiger charge is 2.35. The van der Waals surface area contributed by atoms with Crippen molar-refractivity contribution in [2.24, 2.45) is 0 Å². The van der Waals surface area contributed by atoms with E-state index in [0.717, 1.165) is 5.56 Å². The molecule has 1 aliphatic heterocycles. The van der Waals surface area contributed by atoms with E-state index < -0.39 is 28.1 Å². The maximum atomic E-state index is 13.2. The fourth-order valence-electron chi connectivity index (χ4n) is 3.55. The number of ether oxygens (including phenoxy) is 2. The molecule has 0 spiro atoms. The fourth-order valence-corrected chi connectivity index (χ4v) is 5.21. The second-order valence-electron chi connectivity index (χ2n) is 7.63. The normalized spacial score (nSPS) is 16.7. The Bertz CT molecular complexity index is 1070. The van der Waals surface area contributed by atoms with Crippen LogP contribution in [0.5, 0.6) is 5.75 Å². The van der Waals surface area contributed by atoms with E-state index in [2.05, 4.69) is 10.6 Å². The molecule has 2 aromatic carbocycles. The predicted molar refractivity (Wildman–Crippen MR) is 122 cm³/mol. The van der Waals surface area contributed by atoms with E-state index in [9.17, 15) is 18.0 Å². The summed E-state index contributed by atoms with van der Waals surface area (Å²) in [7, 11) is -2.35. The highest BCUT2D eigenvalue weighted by atomic mass is 32.2. The molecule has 1 fully saturated rings. The number of benzene rings is 2. The molecule has 1 saturated heterocycles. The molecule has 33 heavy (non-hydrogen) atoms. The lowest BCUT2D eigenvalue weighted by Gasteiger charge is -2.34. The lowest BCUT2D eigenvalue weighted by atomic mass is 10.1. The van der Waals surface area contributed by atoms with Gasteiger partial charge in [0.1, 0.15) is 12.0 Å². The van der Waals surface area contributed by atoms with Gasteiger partial charge in [0.15, 0.2) is 0 Å². The molecule has 0 aromatic heterocycles. The van der Waals surface area contributed by atoms with Crippen molar-refractivity contribution in [1.82, 2.24) is 14.9 Å². The molecule has 10 heteroatoms. The van der Waals surface area contributed by atoms with E-state index >= 15 is 0 Å². The molecule has 0 saturated carbocycles. The molecule has 3 rings (SSSR count). The van der Waals surface area contributed by atoms with Crippen LogP contribution in [0, 0.1) is 6.92 Å². The molecular weight excluding hydrogens is 446 g/mol. The molecule has 2 aromatic rings. The molecule has 0 radical (unpaired) electrons. The number of rotatable bonds is 8. The number of amides is 2. The van der Waals surface area contributed by atoms with Crippen molar-refractivity contribution in [2.45, 2.75) is 30.9 Å². The molecule has 0 bridgehead atoms. The zero-order valence-electron chi connectivity index (χ0n) is 18.7. The van der Waals surface area contributed by atoms with Gasteiger partial charge in [-0.25, -0.2) is 8.42 Å². The zero-order chi connectivity index (χ0) is 23.8. The molecular formula is C23H29N3O6S. The number of carbonyl (C=O) groups excluding carboxylic acids is 2. The minimum atomic E-state index is -3.87. The third kappa shape index (κ3) is 6.31. The van der Waals surface area contributed by atoms with Crippen molar-refractivity contribution >= 4 is 21.8 Å². The van der Waals surface area contributed by atoms with Crippen molar-refractivity contribution in [3.8, 4) is 5.75 Å². The van der Waals surface area contributed by atoms with Gasteiger partial charge in [0, 0.05) is 13.1 Å². The molecule has 0 aliphatic carbocycles. The lowest BCUT2D eigenvalue weighted by molar-refractivity contribution is -0.140. The van der Waals surface area contributed by atoms with Crippen LogP contribution in [0.4, 0.5) is 0 Å². The van der Waals surface area contributed by atoms with Gasteiger partial charge >= 0.3 is 11.8 Å². The van der Waals surface area contributed by atoms with Gasteiger partial charge in [0.2, 0.25) is 10.0 Å². The number of hydrogen-bond donors (Lipinski definition) is 2. The third-order valence-corrected chi connectivity index (χ3v) is 7.20. The Morgan fingerprint density at radius 2 is 1.85 bits per heavy atom. The lowest BCUT2D eigenvalue weighted by Crippen LogP contribution is -2.53. The second-order valence-corrected chi connectivity index (χ2v) is 9.52. The quantitative estimate of drug-likeness (QED) is 0.555. The van der Waals surface area contributed by atoms with Gasteiger partial charge in [-0.15, -0.1) is 0 Å². The average molecular weight is 476 g/mol. The Morgan fingerprint density at radius 1 is 1.12 bits per heavy atom. The van der Waals surface area contributed by atoms with Crippen molar-refractivity contribution in [3.05, 3.63) is 59.7 Å². The molecule has 1 atom stereocenters. The number of sulfonamides is 1. The Labute approximate surface area is 194 Å². The molecule has 0 unspecified atom stereocenters. The van der Waals surface area contributed by atoms with Crippen LogP contribution in [0.1, 0.15) is 17.5 Å². The van der Waals surface area contributed by atoms with Crippen LogP contribution in [0.15, 0.2) is 53.4 Å². The third-order valence-electron chi connectivity index (χ3n) is 5.31. The van der Waals surface area contributed by atoms with Crippen LogP contribution < -0.4 is 15.4 Å². The summed E-state index contributed by atoms with van der Waals surface area (Å²) in [5.41, 5.74) is 1.73. The van der Waals surface area contributed by atoms with E-state index in [0.29, 0.717) is 37.3 Å². The first-order valence-corrected chi connectivity index (χ1v) is 12.1. The van der Waals surface area contributed by atoms with E-state index in [1.165, 1.54) is 17.5 Å². The number of nitrogens with one attached hydrogen (secondary N) is 2. The zero-order valence-corrected chi connectivity index (χ0v) is 19.6. The number of nitrogens with zero attached hydrogens (tertiary/aromatic N) is 1. The Morgan fingerprint density at radius 3 is 2.55 bits per heavy atom. The van der Waals surface area contributed by atoms with Crippen LogP contribution in [-0.4, -0.2) is 64.1 Å². The summed E-state index contributed by atoms with van der Waals surface area (Å²) >= 11 is 0. The summed E-state index contributed by atoms with van der Waals surface area (Å²) in [6.45, 7) is 2.54. The molecule has 1 heterocycles. The van der Waals surface area contributed by atoms with Crippen LogP contribution in [-0.2, 0) is 30.8 Å². The Hall–Kier alpha value is -2.95. The SMILES string of the molecule is COc1ccc(S(=O)(=O)N2CCCO[C@@H]2CNC(=O)C(=O)NCCc2ccccc2)cc1C. The first kappa shape index (κ1) is 24.7. The molecule has 178 valence electrons. The maximum Gasteiger partial charge on any atom is 0.309 e. The van der Waals surface area contributed by atoms with Gasteiger partial charge in [-0.3, -0.25) is 9.59 Å². The van der Waals surface area contributed by atoms with E-state index in [1.54, 1.807) is 19.1 Å². The highest BCUT2D eigenvalue weighted by molar-refractivity contribution is 7.89. The second kappa shape index (κ2) is 11.3. The molecule has 1 aliphatic rings. The summed E-state index contributed by atoms with van der Waals surface area (Å²) in [5.74, 6) is -1.03. The molecule has 2 amide bonds. The van der Waals surface area contributed by atoms with Gasteiger partial charge in [-0.1, -0.05) is 30.3 Å². The van der Waals surface area contributed by atoms with Crippen LogP contribution in [0.2, 0.25) is 0 Å². The van der Waals surface area contributed by atoms with E-state index in [1.807, 2.05) is 30.3 Å². The van der Waals surface area contributed by atoms with Gasteiger partial charge < -0.3 is 20.1 Å². The van der Waals surface area contributed by atoms with Crippen molar-refractivity contribution in [3.63, 3.8) is 0 Å². The highest BCUT2D eigenvalue weighted by Crippen LogP contribution is 2.26. The maximum absolute atomic E-state index is 13.2. The monoisotopic (exact) mass is 475 g/mol. The fraction of sp³-hybridized carbons (Fsp3) is 0.391. The number of hydrogen-bond acceptors (Lipinski definition) is 6. The van der Waals surface area contributed by atoms with Gasteiger partial charge in [0.05, 0.1) is 25.2 Å². The van der Waals surface area contributed by atoms with E-state index in [4.69, 9.17) is 9.47 Å². The van der Waals surface area contributed by atoms with Crippen LogP contribution >= 0.6 is 0 Å². The van der Waals surface area contributed by atoms with Crippen LogP contribution in [0.3, 0.4) is 0 Å². The van der Waals surface area contributed by atoms with Gasteiger partial charge in [-0.2, -0.15) is 4.31 Å². The summed E-state index contributed by atoms with van der Waals surface area (Å²) in [4.78, 5) is 24.4. The first-order chi connectivity index (χ1) is 15.8. The van der Waals surface area contributed by atoms with E-state index in [-0.39, 0.29) is 18.0 Å². The largest absolute Gasteiger partial charge is 0.496 e. The first-order valence-electron chi connectivity index (χ1n) is 10.7. The summed E-state index contributed by atoms with van der Waals surface area (Å²) in [5, 5.41) is 5.05. The minimum absolute atomic E-state index is 0.112. The molecule has 2 N–H and O–H groups in total. The topological polar surface area (TPSA) is 114 Å². The van der Waals surface area contributed by atoms with Gasteiger partial charge in [-0.05, 0) is 49.1 Å². The van der Waals surface area contributed by atoms with Gasteiger partial charge in [0.25, 0.3) is 0 Å². The number of carbonyl (C=O) groups is 2. The summed E-state index contributed by atoms with van der Waals surface area (Å²) in [6, 6.07) is 14.2. The molecule has 9 nitrogen and oxygen atoms in total. The summed E-state index contributed by atoms with van der Waals surface area (Å²) < 4.78 is 38.5.